The Hall–Kier alpha value is -1.26. The molecule has 2 saturated heterocycles. The molecule has 4 heteroatoms. The van der Waals surface area contributed by atoms with Gasteiger partial charge in [-0.15, -0.1) is 0 Å². The van der Waals surface area contributed by atoms with Crippen LogP contribution < -0.4 is 5.32 Å². The number of Topliss-reactive ketones (excluding diaryl/α,β-unsaturated/α-hetero) is 1. The lowest BCUT2D eigenvalue weighted by Gasteiger charge is -2.39. The molecule has 18 heavy (non-hydrogen) atoms. The molecule has 0 radical (unpaired) electrons. The molecule has 0 aromatic heterocycles. The van der Waals surface area contributed by atoms with Crippen LogP contribution >= 0.6 is 0 Å². The Morgan fingerprint density at radius 1 is 1.28 bits per heavy atom. The van der Waals surface area contributed by atoms with E-state index in [1.165, 1.54) is 12.1 Å². The molecule has 3 rings (SSSR count). The van der Waals surface area contributed by atoms with Crippen molar-refractivity contribution in [1.82, 2.24) is 5.32 Å². The largest absolute Gasteiger partial charge is 0.378 e. The molecule has 2 atom stereocenters. The summed E-state index contributed by atoms with van der Waals surface area (Å²) in [6.07, 6.45) is 1.57. The molecule has 0 amide bonds. The molecule has 1 N–H and O–H groups in total. The Kier molecular flexibility index (Phi) is 3.14. The highest BCUT2D eigenvalue weighted by Gasteiger charge is 2.35. The second-order valence-electron chi connectivity index (χ2n) is 5.14. The summed E-state index contributed by atoms with van der Waals surface area (Å²) < 4.78 is 18.6. The lowest BCUT2D eigenvalue weighted by atomic mass is 9.82. The molecule has 0 saturated carbocycles. The highest BCUT2D eigenvalue weighted by molar-refractivity contribution is 5.98. The van der Waals surface area contributed by atoms with Gasteiger partial charge in [-0.05, 0) is 25.0 Å². The maximum Gasteiger partial charge on any atom is 0.166 e. The van der Waals surface area contributed by atoms with Crippen LogP contribution in [-0.2, 0) is 4.74 Å². The number of carbonyl (C=O) groups is 1. The van der Waals surface area contributed by atoms with Gasteiger partial charge in [0.2, 0.25) is 0 Å². The van der Waals surface area contributed by atoms with E-state index in [2.05, 4.69) is 5.32 Å². The van der Waals surface area contributed by atoms with Crippen LogP contribution in [0.1, 0.15) is 23.2 Å². The number of hydrogen-bond acceptors (Lipinski definition) is 3. The minimum Gasteiger partial charge on any atom is -0.378 e. The molecule has 0 spiro atoms. The summed E-state index contributed by atoms with van der Waals surface area (Å²) in [6.45, 7) is 1.34. The van der Waals surface area contributed by atoms with Crippen molar-refractivity contribution >= 4 is 5.78 Å². The fourth-order valence-corrected chi connectivity index (χ4v) is 2.93. The molecule has 1 aromatic carbocycles. The zero-order valence-electron chi connectivity index (χ0n) is 10.1. The first-order chi connectivity index (χ1) is 8.72. The fourth-order valence-electron chi connectivity index (χ4n) is 2.93. The van der Waals surface area contributed by atoms with Crippen molar-refractivity contribution in [2.75, 3.05) is 13.2 Å². The molecular weight excluding hydrogens is 233 g/mol. The van der Waals surface area contributed by atoms with Crippen LogP contribution in [0.25, 0.3) is 0 Å². The zero-order chi connectivity index (χ0) is 12.5. The number of halogens is 1. The Bertz CT molecular complexity index is 451. The highest BCUT2D eigenvalue weighted by atomic mass is 19.1. The zero-order valence-corrected chi connectivity index (χ0v) is 10.1. The number of nitrogens with one attached hydrogen (secondary N) is 1. The van der Waals surface area contributed by atoms with E-state index in [-0.39, 0.29) is 29.6 Å². The van der Waals surface area contributed by atoms with Gasteiger partial charge in [0.05, 0.1) is 13.2 Å². The highest BCUT2D eigenvalue weighted by Crippen LogP contribution is 2.27. The number of morpholine rings is 1. The fraction of sp³-hybridized carbons (Fsp3) is 0.500. The lowest BCUT2D eigenvalue weighted by molar-refractivity contribution is 0.00952. The molecule has 1 aromatic rings. The number of fused-ring (bicyclic) bond motifs is 2. The van der Waals surface area contributed by atoms with Gasteiger partial charge in [-0.1, -0.05) is 12.1 Å². The van der Waals surface area contributed by atoms with Gasteiger partial charge < -0.3 is 10.1 Å². The van der Waals surface area contributed by atoms with Crippen LogP contribution in [0.15, 0.2) is 24.3 Å². The molecule has 2 heterocycles. The van der Waals surface area contributed by atoms with Gasteiger partial charge in [0.1, 0.15) is 5.82 Å². The van der Waals surface area contributed by atoms with Crippen molar-refractivity contribution in [3.8, 4) is 0 Å². The molecule has 2 bridgehead atoms. The summed E-state index contributed by atoms with van der Waals surface area (Å²) in [6, 6.07) is 6.51. The predicted molar refractivity (Wildman–Crippen MR) is 65.0 cm³/mol. The van der Waals surface area contributed by atoms with E-state index in [0.29, 0.717) is 18.8 Å². The number of rotatable bonds is 2. The smallest absolute Gasteiger partial charge is 0.166 e. The average molecular weight is 249 g/mol. The number of ketones is 1. The van der Waals surface area contributed by atoms with Crippen molar-refractivity contribution in [3.05, 3.63) is 35.6 Å². The van der Waals surface area contributed by atoms with Crippen LogP contribution in [0.2, 0.25) is 0 Å². The molecule has 2 fully saturated rings. The maximum atomic E-state index is 13.1. The van der Waals surface area contributed by atoms with Gasteiger partial charge in [0, 0.05) is 23.6 Å². The molecule has 2 unspecified atom stereocenters. The molecule has 3 nitrogen and oxygen atoms in total. The van der Waals surface area contributed by atoms with Gasteiger partial charge in [-0.25, -0.2) is 4.39 Å². The third kappa shape index (κ3) is 2.31. The van der Waals surface area contributed by atoms with E-state index in [4.69, 9.17) is 4.74 Å². The van der Waals surface area contributed by atoms with E-state index in [1.54, 1.807) is 12.1 Å². The minimum absolute atomic E-state index is 0.00745. The second kappa shape index (κ2) is 4.78. The number of benzene rings is 1. The van der Waals surface area contributed by atoms with Crippen molar-refractivity contribution in [3.63, 3.8) is 0 Å². The summed E-state index contributed by atoms with van der Waals surface area (Å²) >= 11 is 0. The first-order valence-electron chi connectivity index (χ1n) is 6.36. The first-order valence-corrected chi connectivity index (χ1v) is 6.36. The van der Waals surface area contributed by atoms with Crippen molar-refractivity contribution in [2.24, 2.45) is 5.92 Å². The van der Waals surface area contributed by atoms with Crippen molar-refractivity contribution < 1.29 is 13.9 Å². The molecule has 2 aliphatic heterocycles. The van der Waals surface area contributed by atoms with Gasteiger partial charge >= 0.3 is 0 Å². The number of ether oxygens (including phenoxy) is 1. The maximum absolute atomic E-state index is 13.1. The quantitative estimate of drug-likeness (QED) is 0.812. The van der Waals surface area contributed by atoms with Crippen LogP contribution in [0.3, 0.4) is 0 Å². The Balaban J connectivity index is 1.76. The van der Waals surface area contributed by atoms with Gasteiger partial charge in [0.25, 0.3) is 0 Å². The minimum atomic E-state index is -0.349. The van der Waals surface area contributed by atoms with E-state index in [0.717, 1.165) is 12.8 Å². The van der Waals surface area contributed by atoms with E-state index in [9.17, 15) is 9.18 Å². The standard InChI is InChI=1S/C14H16FNO2/c15-11-3-1-2-9(4-11)14(17)10-5-12-7-18-8-13(6-10)16-12/h1-4,10,12-13,16H,5-8H2. The van der Waals surface area contributed by atoms with E-state index in [1.807, 2.05) is 0 Å². The Morgan fingerprint density at radius 2 is 2.00 bits per heavy atom. The third-order valence-corrected chi connectivity index (χ3v) is 3.73. The molecular formula is C14H16FNO2. The first kappa shape index (κ1) is 11.8. The molecule has 2 aliphatic rings. The monoisotopic (exact) mass is 249 g/mol. The number of piperidine rings is 1. The molecule has 0 aliphatic carbocycles. The van der Waals surface area contributed by atoms with Gasteiger partial charge in [0.15, 0.2) is 5.78 Å². The Morgan fingerprint density at radius 3 is 2.67 bits per heavy atom. The Labute approximate surface area is 105 Å². The summed E-state index contributed by atoms with van der Waals surface area (Å²) in [7, 11) is 0. The summed E-state index contributed by atoms with van der Waals surface area (Å²) in [5.41, 5.74) is 0.487. The normalized spacial score (nSPS) is 31.1. The van der Waals surface area contributed by atoms with Crippen LogP contribution in [-0.4, -0.2) is 31.1 Å². The van der Waals surface area contributed by atoms with E-state index < -0.39 is 0 Å². The number of hydrogen-bond donors (Lipinski definition) is 1. The molecule has 96 valence electrons. The van der Waals surface area contributed by atoms with Crippen molar-refractivity contribution in [1.29, 1.82) is 0 Å². The van der Waals surface area contributed by atoms with Crippen LogP contribution in [0.5, 0.6) is 0 Å². The number of carbonyl (C=O) groups excluding carboxylic acids is 1. The topological polar surface area (TPSA) is 38.3 Å². The van der Waals surface area contributed by atoms with Gasteiger partial charge in [-0.3, -0.25) is 4.79 Å². The van der Waals surface area contributed by atoms with Crippen molar-refractivity contribution in [2.45, 2.75) is 24.9 Å². The summed E-state index contributed by atoms with van der Waals surface area (Å²) in [4.78, 5) is 12.3. The van der Waals surface area contributed by atoms with E-state index >= 15 is 0 Å². The second-order valence-corrected chi connectivity index (χ2v) is 5.14. The summed E-state index contributed by atoms with van der Waals surface area (Å²) in [5, 5.41) is 3.45. The van der Waals surface area contributed by atoms with Gasteiger partial charge in [-0.2, -0.15) is 0 Å². The third-order valence-electron chi connectivity index (χ3n) is 3.73. The lowest BCUT2D eigenvalue weighted by Crippen LogP contribution is -2.55. The summed E-state index contributed by atoms with van der Waals surface area (Å²) in [5.74, 6) is -0.293. The van der Waals surface area contributed by atoms with Crippen LogP contribution in [0, 0.1) is 11.7 Å². The SMILES string of the molecule is O=C(c1cccc(F)c1)C1CC2COCC(C1)N2. The van der Waals surface area contributed by atoms with Crippen LogP contribution in [0.4, 0.5) is 4.39 Å². The average Bonchev–Trinajstić information content (AvgIpc) is 2.37. The predicted octanol–water partition coefficient (Wildman–Crippen LogP) is 1.78.